The summed E-state index contributed by atoms with van der Waals surface area (Å²) in [6, 6.07) is -0.448. The molecule has 0 radical (unpaired) electrons. The summed E-state index contributed by atoms with van der Waals surface area (Å²) in [4.78, 5) is 29.1. The Hall–Kier alpha value is -1.06. The molecule has 2 unspecified atom stereocenters. The van der Waals surface area contributed by atoms with Crippen molar-refractivity contribution in [1.29, 1.82) is 0 Å². The Kier molecular flexibility index (Phi) is 4.12. The van der Waals surface area contributed by atoms with Gasteiger partial charge in [0.2, 0.25) is 11.8 Å². The third-order valence-electron chi connectivity index (χ3n) is 4.43. The van der Waals surface area contributed by atoms with Crippen molar-refractivity contribution in [2.75, 3.05) is 13.1 Å². The normalized spacial score (nSPS) is 27.5. The summed E-state index contributed by atoms with van der Waals surface area (Å²) < 4.78 is 0. The Morgan fingerprint density at radius 1 is 1.20 bits per heavy atom. The second kappa shape index (κ2) is 5.38. The Bertz CT molecular complexity index is 398. The second-order valence-corrected chi connectivity index (χ2v) is 7.72. The van der Waals surface area contributed by atoms with E-state index in [1.807, 2.05) is 23.6 Å². The molecule has 2 fully saturated rings. The van der Waals surface area contributed by atoms with E-state index in [9.17, 15) is 9.59 Å². The Labute approximate surface area is 122 Å². The molecule has 0 aromatic rings. The summed E-state index contributed by atoms with van der Waals surface area (Å²) >= 11 is 0. The van der Waals surface area contributed by atoms with Crippen molar-refractivity contribution in [1.82, 2.24) is 9.80 Å². The lowest BCUT2D eigenvalue weighted by Gasteiger charge is -2.44. The maximum atomic E-state index is 12.7. The molecule has 4 heteroatoms. The van der Waals surface area contributed by atoms with Gasteiger partial charge >= 0.3 is 0 Å². The molecule has 2 amide bonds. The number of carbonyl (C=O) groups is 2. The first-order valence-corrected chi connectivity index (χ1v) is 7.83. The third kappa shape index (κ3) is 2.84. The van der Waals surface area contributed by atoms with E-state index in [2.05, 4.69) is 20.8 Å². The van der Waals surface area contributed by atoms with Gasteiger partial charge in [0.05, 0.1) is 0 Å². The monoisotopic (exact) mass is 280 g/mol. The predicted molar refractivity (Wildman–Crippen MR) is 79.1 cm³/mol. The highest BCUT2D eigenvalue weighted by Crippen LogP contribution is 2.31. The number of piperazine rings is 1. The van der Waals surface area contributed by atoms with Gasteiger partial charge in [-0.15, -0.1) is 0 Å². The van der Waals surface area contributed by atoms with Gasteiger partial charge in [-0.25, -0.2) is 0 Å². The largest absolute Gasteiger partial charge is 0.329 e. The minimum atomic E-state index is -0.265. The van der Waals surface area contributed by atoms with Gasteiger partial charge < -0.3 is 9.80 Å². The van der Waals surface area contributed by atoms with Crippen molar-refractivity contribution < 1.29 is 9.59 Å². The summed E-state index contributed by atoms with van der Waals surface area (Å²) in [5.41, 5.74) is 0.178. The number of hydrogen-bond donors (Lipinski definition) is 0. The summed E-state index contributed by atoms with van der Waals surface area (Å²) in [5, 5.41) is 0. The highest BCUT2D eigenvalue weighted by molar-refractivity contribution is 5.97. The minimum absolute atomic E-state index is 0.163. The van der Waals surface area contributed by atoms with Gasteiger partial charge in [-0.1, -0.05) is 34.6 Å². The maximum Gasteiger partial charge on any atom is 0.246 e. The molecule has 0 saturated carbocycles. The minimum Gasteiger partial charge on any atom is -0.329 e. The number of carbonyl (C=O) groups excluding carboxylic acids is 2. The molecule has 0 spiro atoms. The van der Waals surface area contributed by atoms with Crippen LogP contribution in [0.1, 0.15) is 53.9 Å². The van der Waals surface area contributed by atoms with Gasteiger partial charge in [-0.3, -0.25) is 9.59 Å². The fourth-order valence-electron chi connectivity index (χ4n) is 3.27. The molecular formula is C16H28N2O2. The van der Waals surface area contributed by atoms with Crippen LogP contribution < -0.4 is 0 Å². The lowest BCUT2D eigenvalue weighted by Crippen LogP contribution is -2.64. The molecule has 0 aliphatic carbocycles. The highest BCUT2D eigenvalue weighted by Gasteiger charge is 2.48. The van der Waals surface area contributed by atoms with Crippen LogP contribution in [0.25, 0.3) is 0 Å². The summed E-state index contributed by atoms with van der Waals surface area (Å²) in [5.74, 6) is 0.508. The van der Waals surface area contributed by atoms with Crippen molar-refractivity contribution in [3.63, 3.8) is 0 Å². The molecule has 0 bridgehead atoms. The SMILES string of the molecule is CC(C)C1C(=O)N2CCCC2C(=O)N1CCC(C)(C)C. The number of hydrogen-bond acceptors (Lipinski definition) is 2. The van der Waals surface area contributed by atoms with Crippen LogP contribution >= 0.6 is 0 Å². The number of rotatable bonds is 3. The van der Waals surface area contributed by atoms with Crippen LogP contribution in [-0.4, -0.2) is 46.8 Å². The molecule has 20 heavy (non-hydrogen) atoms. The van der Waals surface area contributed by atoms with Crippen molar-refractivity contribution in [2.45, 2.75) is 66.0 Å². The smallest absolute Gasteiger partial charge is 0.246 e. The highest BCUT2D eigenvalue weighted by atomic mass is 16.2. The van der Waals surface area contributed by atoms with Crippen molar-refractivity contribution in [3.05, 3.63) is 0 Å². The molecule has 0 aromatic carbocycles. The van der Waals surface area contributed by atoms with Crippen molar-refractivity contribution in [3.8, 4) is 0 Å². The van der Waals surface area contributed by atoms with Crippen molar-refractivity contribution in [2.24, 2.45) is 11.3 Å². The average molecular weight is 280 g/mol. The van der Waals surface area contributed by atoms with Crippen molar-refractivity contribution >= 4 is 11.8 Å². The third-order valence-corrected chi connectivity index (χ3v) is 4.43. The van der Waals surface area contributed by atoms with E-state index < -0.39 is 0 Å². The van der Waals surface area contributed by atoms with Crippen LogP contribution in [0, 0.1) is 11.3 Å². The standard InChI is InChI=1S/C16H28N2O2/c1-11(2)13-15(20)17-9-6-7-12(17)14(19)18(13)10-8-16(3,4)5/h11-13H,6-10H2,1-5H3. The lowest BCUT2D eigenvalue weighted by atomic mass is 9.90. The average Bonchev–Trinajstić information content (AvgIpc) is 2.79. The molecule has 2 heterocycles. The van der Waals surface area contributed by atoms with E-state index >= 15 is 0 Å². The van der Waals surface area contributed by atoms with Crippen LogP contribution in [0.3, 0.4) is 0 Å². The zero-order valence-corrected chi connectivity index (χ0v) is 13.5. The number of amides is 2. The molecule has 2 aliphatic rings. The summed E-state index contributed by atoms with van der Waals surface area (Å²) in [6.45, 7) is 12.1. The topological polar surface area (TPSA) is 40.6 Å². The van der Waals surface area contributed by atoms with Crippen LogP contribution in [0.5, 0.6) is 0 Å². The van der Waals surface area contributed by atoms with E-state index in [-0.39, 0.29) is 35.2 Å². The Morgan fingerprint density at radius 2 is 1.85 bits per heavy atom. The van der Waals surface area contributed by atoms with E-state index in [0.29, 0.717) is 6.54 Å². The lowest BCUT2D eigenvalue weighted by molar-refractivity contribution is -0.161. The van der Waals surface area contributed by atoms with E-state index in [1.165, 1.54) is 0 Å². The van der Waals surface area contributed by atoms with Crippen LogP contribution in [0.2, 0.25) is 0 Å². The summed E-state index contributed by atoms with van der Waals surface area (Å²) in [6.07, 6.45) is 2.73. The molecular weight excluding hydrogens is 252 g/mol. The zero-order chi connectivity index (χ0) is 15.1. The Morgan fingerprint density at radius 3 is 2.40 bits per heavy atom. The predicted octanol–water partition coefficient (Wildman–Crippen LogP) is 2.28. The summed E-state index contributed by atoms with van der Waals surface area (Å²) in [7, 11) is 0. The first kappa shape index (κ1) is 15.3. The van der Waals surface area contributed by atoms with Gasteiger partial charge in [0, 0.05) is 13.1 Å². The van der Waals surface area contributed by atoms with E-state index in [0.717, 1.165) is 25.8 Å². The van der Waals surface area contributed by atoms with Gasteiger partial charge in [0.15, 0.2) is 0 Å². The molecule has 0 aromatic heterocycles. The van der Waals surface area contributed by atoms with Gasteiger partial charge in [0.1, 0.15) is 12.1 Å². The zero-order valence-electron chi connectivity index (χ0n) is 13.5. The first-order chi connectivity index (χ1) is 9.22. The molecule has 2 aliphatic heterocycles. The molecule has 114 valence electrons. The number of fused-ring (bicyclic) bond motifs is 1. The molecule has 2 rings (SSSR count). The van der Waals surface area contributed by atoms with Gasteiger partial charge in [-0.05, 0) is 30.6 Å². The van der Waals surface area contributed by atoms with Crippen LogP contribution in [0.4, 0.5) is 0 Å². The fraction of sp³-hybridized carbons (Fsp3) is 0.875. The quantitative estimate of drug-likeness (QED) is 0.796. The Balaban J connectivity index is 2.21. The second-order valence-electron chi connectivity index (χ2n) is 7.72. The van der Waals surface area contributed by atoms with E-state index in [1.54, 1.807) is 0 Å². The fourth-order valence-corrected chi connectivity index (χ4v) is 3.27. The number of nitrogens with zero attached hydrogens (tertiary/aromatic N) is 2. The van der Waals surface area contributed by atoms with Gasteiger partial charge in [0.25, 0.3) is 0 Å². The van der Waals surface area contributed by atoms with E-state index in [4.69, 9.17) is 0 Å². The molecule has 2 atom stereocenters. The molecule has 0 N–H and O–H groups in total. The first-order valence-electron chi connectivity index (χ1n) is 7.83. The molecule has 4 nitrogen and oxygen atoms in total. The maximum absolute atomic E-state index is 12.7. The van der Waals surface area contributed by atoms with Crippen LogP contribution in [-0.2, 0) is 9.59 Å². The van der Waals surface area contributed by atoms with Gasteiger partial charge in [-0.2, -0.15) is 0 Å². The molecule has 2 saturated heterocycles. The van der Waals surface area contributed by atoms with Crippen LogP contribution in [0.15, 0.2) is 0 Å².